The molecule has 1 atom stereocenters. The number of aromatic nitrogens is 1. The van der Waals surface area contributed by atoms with Gasteiger partial charge in [0, 0.05) is 5.69 Å². The van der Waals surface area contributed by atoms with Gasteiger partial charge in [-0.2, -0.15) is 0 Å². The number of hydrogen-bond acceptors (Lipinski definition) is 2. The second kappa shape index (κ2) is 4.56. The lowest BCUT2D eigenvalue weighted by Gasteiger charge is -2.13. The molecule has 78 valence electrons. The summed E-state index contributed by atoms with van der Waals surface area (Å²) >= 11 is 0. The van der Waals surface area contributed by atoms with Gasteiger partial charge in [0.2, 0.25) is 0 Å². The van der Waals surface area contributed by atoms with Crippen molar-refractivity contribution in [3.05, 3.63) is 29.1 Å². The Morgan fingerprint density at radius 1 is 1.29 bits per heavy atom. The molecule has 1 rings (SSSR count). The fourth-order valence-electron chi connectivity index (χ4n) is 1.61. The Balaban J connectivity index is 2.84. The predicted octanol–water partition coefficient (Wildman–Crippen LogP) is 2.78. The molecule has 1 heterocycles. The summed E-state index contributed by atoms with van der Waals surface area (Å²) in [5.41, 5.74) is 2.94. The molecule has 2 nitrogen and oxygen atoms in total. The van der Waals surface area contributed by atoms with E-state index >= 15 is 0 Å². The van der Waals surface area contributed by atoms with Gasteiger partial charge in [-0.05, 0) is 43.9 Å². The number of pyridine rings is 1. The molecule has 0 bridgehead atoms. The van der Waals surface area contributed by atoms with Gasteiger partial charge in [0.05, 0.1) is 11.8 Å². The van der Waals surface area contributed by atoms with E-state index in [0.717, 1.165) is 23.4 Å². The van der Waals surface area contributed by atoms with Crippen molar-refractivity contribution < 1.29 is 5.11 Å². The molecular weight excluding hydrogens is 174 g/mol. The lowest BCUT2D eigenvalue weighted by atomic mass is 10.0. The molecule has 0 aliphatic carbocycles. The summed E-state index contributed by atoms with van der Waals surface area (Å²) in [6.07, 6.45) is 0.351. The van der Waals surface area contributed by atoms with Crippen molar-refractivity contribution in [1.82, 2.24) is 4.98 Å². The van der Waals surface area contributed by atoms with E-state index in [-0.39, 0.29) is 0 Å². The van der Waals surface area contributed by atoms with Gasteiger partial charge in [-0.3, -0.25) is 4.98 Å². The lowest BCUT2D eigenvalue weighted by molar-refractivity contribution is 0.146. The summed E-state index contributed by atoms with van der Waals surface area (Å²) in [6, 6.07) is 3.98. The van der Waals surface area contributed by atoms with Crippen molar-refractivity contribution >= 4 is 0 Å². The zero-order valence-corrected chi connectivity index (χ0v) is 9.41. The Labute approximate surface area is 86.0 Å². The molecule has 0 saturated carbocycles. The minimum atomic E-state index is -0.423. The average Bonchev–Trinajstić information content (AvgIpc) is 2.00. The molecule has 0 aromatic carbocycles. The van der Waals surface area contributed by atoms with Crippen LogP contribution in [0.15, 0.2) is 12.1 Å². The molecule has 1 aromatic heterocycles. The highest BCUT2D eigenvalue weighted by atomic mass is 16.3. The third-order valence-electron chi connectivity index (χ3n) is 2.15. The van der Waals surface area contributed by atoms with Crippen molar-refractivity contribution in [3.8, 4) is 0 Å². The molecule has 2 heteroatoms. The first-order chi connectivity index (χ1) is 6.49. The Hall–Kier alpha value is -0.890. The fraction of sp³-hybridized carbons (Fsp3) is 0.583. The van der Waals surface area contributed by atoms with Gasteiger partial charge in [0.15, 0.2) is 0 Å². The largest absolute Gasteiger partial charge is 0.387 e. The Bertz CT molecular complexity index is 287. The van der Waals surface area contributed by atoms with Crippen molar-refractivity contribution in [2.45, 2.75) is 40.2 Å². The van der Waals surface area contributed by atoms with Gasteiger partial charge in [-0.25, -0.2) is 0 Å². The zero-order chi connectivity index (χ0) is 10.7. The normalized spacial score (nSPS) is 13.3. The van der Waals surface area contributed by atoms with E-state index in [2.05, 4.69) is 18.8 Å². The summed E-state index contributed by atoms with van der Waals surface area (Å²) in [7, 11) is 0. The summed E-state index contributed by atoms with van der Waals surface area (Å²) in [6.45, 7) is 8.19. The summed E-state index contributed by atoms with van der Waals surface area (Å²) in [4.78, 5) is 4.34. The van der Waals surface area contributed by atoms with Crippen LogP contribution < -0.4 is 0 Å². The highest BCUT2D eigenvalue weighted by Gasteiger charge is 2.11. The number of nitrogens with zero attached hydrogens (tertiary/aromatic N) is 1. The van der Waals surface area contributed by atoms with Crippen LogP contribution in [0.3, 0.4) is 0 Å². The molecule has 1 N–H and O–H groups in total. The van der Waals surface area contributed by atoms with Gasteiger partial charge in [0.1, 0.15) is 0 Å². The second-order valence-electron chi connectivity index (χ2n) is 4.36. The van der Waals surface area contributed by atoms with Crippen LogP contribution in [0.1, 0.15) is 43.3 Å². The molecule has 0 spiro atoms. The molecule has 1 aromatic rings. The van der Waals surface area contributed by atoms with E-state index in [0.29, 0.717) is 5.92 Å². The number of aliphatic hydroxyl groups is 1. The minimum Gasteiger partial charge on any atom is -0.387 e. The van der Waals surface area contributed by atoms with E-state index in [4.69, 9.17) is 0 Å². The molecular formula is C12H19NO. The minimum absolute atomic E-state index is 0.423. The van der Waals surface area contributed by atoms with Gasteiger partial charge in [-0.15, -0.1) is 0 Å². The van der Waals surface area contributed by atoms with Gasteiger partial charge < -0.3 is 5.11 Å². The Morgan fingerprint density at radius 3 is 2.43 bits per heavy atom. The van der Waals surface area contributed by atoms with Crippen LogP contribution >= 0.6 is 0 Å². The topological polar surface area (TPSA) is 33.1 Å². The third kappa shape index (κ3) is 3.11. The van der Waals surface area contributed by atoms with Crippen molar-refractivity contribution in [3.63, 3.8) is 0 Å². The second-order valence-corrected chi connectivity index (χ2v) is 4.36. The molecule has 14 heavy (non-hydrogen) atoms. The number of rotatable bonds is 3. The van der Waals surface area contributed by atoms with Gasteiger partial charge >= 0.3 is 0 Å². The van der Waals surface area contributed by atoms with E-state index in [1.54, 1.807) is 0 Å². The standard InChI is InChI=1S/C12H19NO/c1-8(2)5-12(14)11-7-9(3)6-10(4)13-11/h6-8,12,14H,5H2,1-4H3. The monoisotopic (exact) mass is 193 g/mol. The molecule has 0 radical (unpaired) electrons. The number of aryl methyl sites for hydroxylation is 2. The number of aliphatic hydroxyl groups excluding tert-OH is 1. The molecule has 1 unspecified atom stereocenters. The first kappa shape index (κ1) is 11.2. The van der Waals surface area contributed by atoms with Crippen molar-refractivity contribution in [1.29, 1.82) is 0 Å². The Kier molecular flexibility index (Phi) is 3.64. The quantitative estimate of drug-likeness (QED) is 0.800. The summed E-state index contributed by atoms with van der Waals surface area (Å²) in [5.74, 6) is 0.493. The number of hydrogen-bond donors (Lipinski definition) is 1. The third-order valence-corrected chi connectivity index (χ3v) is 2.15. The van der Waals surface area contributed by atoms with E-state index in [1.807, 2.05) is 26.0 Å². The van der Waals surface area contributed by atoms with Crippen LogP contribution in [-0.2, 0) is 0 Å². The van der Waals surface area contributed by atoms with E-state index in [9.17, 15) is 5.11 Å². The lowest BCUT2D eigenvalue weighted by Crippen LogP contribution is -2.05. The van der Waals surface area contributed by atoms with Crippen molar-refractivity contribution in [2.75, 3.05) is 0 Å². The van der Waals surface area contributed by atoms with E-state index < -0.39 is 6.10 Å². The van der Waals surface area contributed by atoms with Crippen LogP contribution in [0, 0.1) is 19.8 Å². The first-order valence-electron chi connectivity index (χ1n) is 5.12. The fourth-order valence-corrected chi connectivity index (χ4v) is 1.61. The SMILES string of the molecule is Cc1cc(C)nc(C(O)CC(C)C)c1. The zero-order valence-electron chi connectivity index (χ0n) is 9.41. The molecule has 0 aliphatic rings. The van der Waals surface area contributed by atoms with Gasteiger partial charge in [-0.1, -0.05) is 13.8 Å². The smallest absolute Gasteiger partial charge is 0.0962 e. The van der Waals surface area contributed by atoms with E-state index in [1.165, 1.54) is 0 Å². The van der Waals surface area contributed by atoms with Crippen LogP contribution in [0.2, 0.25) is 0 Å². The predicted molar refractivity (Wildman–Crippen MR) is 58.1 cm³/mol. The molecule has 0 amide bonds. The molecule has 0 aliphatic heterocycles. The first-order valence-corrected chi connectivity index (χ1v) is 5.12. The van der Waals surface area contributed by atoms with Crippen LogP contribution in [0.4, 0.5) is 0 Å². The summed E-state index contributed by atoms with van der Waals surface area (Å²) < 4.78 is 0. The Morgan fingerprint density at radius 2 is 1.93 bits per heavy atom. The maximum absolute atomic E-state index is 9.88. The molecule has 0 fully saturated rings. The highest BCUT2D eigenvalue weighted by Crippen LogP contribution is 2.20. The van der Waals surface area contributed by atoms with Crippen molar-refractivity contribution in [2.24, 2.45) is 5.92 Å². The van der Waals surface area contributed by atoms with Crippen LogP contribution in [-0.4, -0.2) is 10.1 Å². The van der Waals surface area contributed by atoms with Crippen LogP contribution in [0.25, 0.3) is 0 Å². The van der Waals surface area contributed by atoms with Gasteiger partial charge in [0.25, 0.3) is 0 Å². The highest BCUT2D eigenvalue weighted by molar-refractivity contribution is 5.20. The summed E-state index contributed by atoms with van der Waals surface area (Å²) in [5, 5.41) is 9.88. The maximum atomic E-state index is 9.88. The molecule has 0 saturated heterocycles. The van der Waals surface area contributed by atoms with Crippen LogP contribution in [0.5, 0.6) is 0 Å². The maximum Gasteiger partial charge on any atom is 0.0962 e. The average molecular weight is 193 g/mol.